The maximum atomic E-state index is 5.75. The van der Waals surface area contributed by atoms with E-state index in [1.54, 1.807) is 0 Å². The molecule has 0 aromatic rings. The number of nitrogens with two attached hydrogens (primary N) is 1. The van der Waals surface area contributed by atoms with Crippen molar-refractivity contribution in [3.63, 3.8) is 0 Å². The fourth-order valence-electron chi connectivity index (χ4n) is 1.98. The van der Waals surface area contributed by atoms with E-state index in [0.29, 0.717) is 11.5 Å². The minimum absolute atomic E-state index is 0.423. The Kier molecular flexibility index (Phi) is 0.945. The van der Waals surface area contributed by atoms with E-state index in [2.05, 4.69) is 12.2 Å². The van der Waals surface area contributed by atoms with Crippen molar-refractivity contribution in [3.05, 3.63) is 0 Å². The van der Waals surface area contributed by atoms with Gasteiger partial charge in [-0.15, -0.1) is 0 Å². The van der Waals surface area contributed by atoms with Crippen LogP contribution in [0.3, 0.4) is 0 Å². The third-order valence-electron chi connectivity index (χ3n) is 2.84. The Balaban J connectivity index is 1.94. The lowest BCUT2D eigenvalue weighted by atomic mass is 9.94. The Morgan fingerprint density at radius 3 is 2.44 bits per heavy atom. The summed E-state index contributed by atoms with van der Waals surface area (Å²) in [6.45, 7) is 4.57. The third-order valence-corrected chi connectivity index (χ3v) is 2.84. The molecule has 0 aromatic carbocycles. The second-order valence-corrected chi connectivity index (χ2v) is 3.64. The van der Waals surface area contributed by atoms with Crippen molar-refractivity contribution in [3.8, 4) is 0 Å². The second kappa shape index (κ2) is 1.50. The molecule has 1 spiro atoms. The highest BCUT2D eigenvalue weighted by molar-refractivity contribution is 5.12. The second-order valence-electron chi connectivity index (χ2n) is 3.64. The fraction of sp³-hybridized carbons (Fsp3) is 1.00. The molecule has 52 valence electrons. The Labute approximate surface area is 55.8 Å². The van der Waals surface area contributed by atoms with Gasteiger partial charge < -0.3 is 11.1 Å². The van der Waals surface area contributed by atoms with Crippen molar-refractivity contribution in [1.82, 2.24) is 5.32 Å². The van der Waals surface area contributed by atoms with Crippen molar-refractivity contribution >= 4 is 0 Å². The zero-order chi connectivity index (χ0) is 6.48. The van der Waals surface area contributed by atoms with Gasteiger partial charge in [0.25, 0.3) is 0 Å². The van der Waals surface area contributed by atoms with Crippen LogP contribution in [0, 0.1) is 11.3 Å². The van der Waals surface area contributed by atoms with E-state index in [0.717, 1.165) is 5.92 Å². The topological polar surface area (TPSA) is 38.0 Å². The van der Waals surface area contributed by atoms with Crippen LogP contribution in [-0.4, -0.2) is 19.1 Å². The van der Waals surface area contributed by atoms with Crippen LogP contribution in [0.5, 0.6) is 0 Å². The van der Waals surface area contributed by atoms with E-state index >= 15 is 0 Å². The summed E-state index contributed by atoms with van der Waals surface area (Å²) in [4.78, 5) is 0. The highest BCUT2D eigenvalue weighted by atomic mass is 15.0. The van der Waals surface area contributed by atoms with E-state index in [1.165, 1.54) is 19.5 Å². The lowest BCUT2D eigenvalue weighted by Gasteiger charge is -2.29. The summed E-state index contributed by atoms with van der Waals surface area (Å²) in [5.74, 6) is 0.832. The van der Waals surface area contributed by atoms with Gasteiger partial charge in [0.2, 0.25) is 0 Å². The Hall–Kier alpha value is -0.0800. The molecular formula is C7H14N2. The molecule has 2 rings (SSSR count). The maximum absolute atomic E-state index is 5.75. The Morgan fingerprint density at radius 2 is 2.33 bits per heavy atom. The summed E-state index contributed by atoms with van der Waals surface area (Å²) >= 11 is 0. The molecule has 2 unspecified atom stereocenters. The summed E-state index contributed by atoms with van der Waals surface area (Å²) in [5.41, 5.74) is 6.43. The fourth-order valence-corrected chi connectivity index (χ4v) is 1.98. The van der Waals surface area contributed by atoms with E-state index in [1.807, 2.05) is 0 Å². The highest BCUT2D eigenvalue weighted by Crippen LogP contribution is 2.56. The van der Waals surface area contributed by atoms with E-state index in [-0.39, 0.29) is 0 Å². The lowest BCUT2D eigenvalue weighted by Crippen LogP contribution is -2.47. The SMILES string of the molecule is CC(N)C1CC12CNC2. The summed E-state index contributed by atoms with van der Waals surface area (Å²) in [6.07, 6.45) is 1.37. The predicted molar refractivity (Wildman–Crippen MR) is 37.1 cm³/mol. The summed E-state index contributed by atoms with van der Waals surface area (Å²) in [7, 11) is 0. The molecule has 0 radical (unpaired) electrons. The average molecular weight is 126 g/mol. The van der Waals surface area contributed by atoms with Gasteiger partial charge in [-0.2, -0.15) is 0 Å². The number of nitrogens with one attached hydrogen (secondary N) is 1. The molecule has 2 atom stereocenters. The quantitative estimate of drug-likeness (QED) is 0.516. The normalized spacial score (nSPS) is 40.0. The first-order chi connectivity index (χ1) is 4.25. The molecule has 1 saturated heterocycles. The third kappa shape index (κ3) is 0.634. The van der Waals surface area contributed by atoms with Crippen LogP contribution in [0.15, 0.2) is 0 Å². The van der Waals surface area contributed by atoms with Gasteiger partial charge in [0, 0.05) is 19.1 Å². The van der Waals surface area contributed by atoms with Gasteiger partial charge in [-0.25, -0.2) is 0 Å². The zero-order valence-electron chi connectivity index (χ0n) is 5.85. The first-order valence-electron chi connectivity index (χ1n) is 3.71. The molecule has 0 aromatic heterocycles. The van der Waals surface area contributed by atoms with Gasteiger partial charge in [-0.1, -0.05) is 0 Å². The van der Waals surface area contributed by atoms with Crippen molar-refractivity contribution in [2.75, 3.05) is 13.1 Å². The largest absolute Gasteiger partial charge is 0.328 e. The van der Waals surface area contributed by atoms with Gasteiger partial charge in [-0.05, 0) is 24.7 Å². The van der Waals surface area contributed by atoms with Crippen LogP contribution in [0.4, 0.5) is 0 Å². The van der Waals surface area contributed by atoms with Gasteiger partial charge in [-0.3, -0.25) is 0 Å². The van der Waals surface area contributed by atoms with Gasteiger partial charge >= 0.3 is 0 Å². The van der Waals surface area contributed by atoms with Crippen LogP contribution in [0.2, 0.25) is 0 Å². The zero-order valence-corrected chi connectivity index (χ0v) is 5.85. The molecule has 0 bridgehead atoms. The van der Waals surface area contributed by atoms with Crippen LogP contribution >= 0.6 is 0 Å². The number of hydrogen-bond donors (Lipinski definition) is 2. The average Bonchev–Trinajstić information content (AvgIpc) is 2.34. The van der Waals surface area contributed by atoms with Crippen molar-refractivity contribution in [2.24, 2.45) is 17.1 Å². The maximum Gasteiger partial charge on any atom is 0.00452 e. The molecule has 2 heteroatoms. The molecule has 1 heterocycles. The molecule has 3 N–H and O–H groups in total. The first-order valence-corrected chi connectivity index (χ1v) is 3.71. The van der Waals surface area contributed by atoms with Crippen LogP contribution in [-0.2, 0) is 0 Å². The number of rotatable bonds is 1. The molecule has 1 saturated carbocycles. The molecular weight excluding hydrogens is 112 g/mol. The van der Waals surface area contributed by atoms with E-state index in [9.17, 15) is 0 Å². The molecule has 2 nitrogen and oxygen atoms in total. The smallest absolute Gasteiger partial charge is 0.00452 e. The lowest BCUT2D eigenvalue weighted by molar-refractivity contribution is 0.281. The first kappa shape index (κ1) is 5.69. The predicted octanol–water partition coefficient (Wildman–Crippen LogP) is -0.0569. The molecule has 1 aliphatic carbocycles. The van der Waals surface area contributed by atoms with E-state index < -0.39 is 0 Å². The highest BCUT2D eigenvalue weighted by Gasteiger charge is 2.58. The van der Waals surface area contributed by atoms with Crippen molar-refractivity contribution in [1.29, 1.82) is 0 Å². The van der Waals surface area contributed by atoms with Gasteiger partial charge in [0.15, 0.2) is 0 Å². The van der Waals surface area contributed by atoms with E-state index in [4.69, 9.17) is 5.73 Å². The van der Waals surface area contributed by atoms with Crippen molar-refractivity contribution < 1.29 is 0 Å². The summed E-state index contributed by atoms with van der Waals surface area (Å²) in [5, 5.41) is 3.29. The summed E-state index contributed by atoms with van der Waals surface area (Å²) in [6, 6.07) is 0.423. The van der Waals surface area contributed by atoms with Crippen LogP contribution in [0.25, 0.3) is 0 Å². The minimum Gasteiger partial charge on any atom is -0.328 e. The Morgan fingerprint density at radius 1 is 1.67 bits per heavy atom. The van der Waals surface area contributed by atoms with Crippen LogP contribution in [0.1, 0.15) is 13.3 Å². The Bertz CT molecular complexity index is 127. The number of hydrogen-bond acceptors (Lipinski definition) is 2. The monoisotopic (exact) mass is 126 g/mol. The molecule has 1 aliphatic heterocycles. The summed E-state index contributed by atoms with van der Waals surface area (Å²) < 4.78 is 0. The molecule has 0 amide bonds. The minimum atomic E-state index is 0.423. The molecule has 9 heavy (non-hydrogen) atoms. The van der Waals surface area contributed by atoms with Crippen LogP contribution < -0.4 is 11.1 Å². The van der Waals surface area contributed by atoms with Gasteiger partial charge in [0.1, 0.15) is 0 Å². The van der Waals surface area contributed by atoms with Crippen molar-refractivity contribution in [2.45, 2.75) is 19.4 Å². The standard InChI is InChI=1S/C7H14N2/c1-5(8)6-2-7(6)3-9-4-7/h5-6,9H,2-4,8H2,1H3. The molecule has 2 aliphatic rings. The molecule has 2 fully saturated rings. The van der Waals surface area contributed by atoms with Gasteiger partial charge in [0.05, 0.1) is 0 Å².